The van der Waals surface area contributed by atoms with Crippen LogP contribution in [0.5, 0.6) is 5.75 Å². The maximum atomic E-state index is 13.3. The van der Waals surface area contributed by atoms with Gasteiger partial charge < -0.3 is 15.0 Å². The Balaban J connectivity index is 1.75. The van der Waals surface area contributed by atoms with Crippen LogP contribution >= 0.6 is 0 Å². The lowest BCUT2D eigenvalue weighted by Gasteiger charge is -2.45. The number of piperazine rings is 1. The number of nitrogens with one attached hydrogen (secondary N) is 1. The molecule has 3 aliphatic rings. The van der Waals surface area contributed by atoms with Crippen LogP contribution in [0.2, 0.25) is 0 Å². The molecule has 0 saturated carbocycles. The van der Waals surface area contributed by atoms with E-state index in [0.717, 1.165) is 16.9 Å². The largest absolute Gasteiger partial charge is 0.493 e. The first kappa shape index (κ1) is 16.4. The van der Waals surface area contributed by atoms with Crippen molar-refractivity contribution in [1.29, 1.82) is 0 Å². The van der Waals surface area contributed by atoms with E-state index in [1.54, 1.807) is 6.92 Å². The Labute approximate surface area is 158 Å². The van der Waals surface area contributed by atoms with E-state index < -0.39 is 11.6 Å². The van der Waals surface area contributed by atoms with Gasteiger partial charge in [0.25, 0.3) is 0 Å². The number of hydrogen-bond acceptors (Lipinski definition) is 3. The molecule has 3 heterocycles. The third-order valence-electron chi connectivity index (χ3n) is 6.46. The minimum atomic E-state index is -0.943. The van der Waals surface area contributed by atoms with E-state index in [2.05, 4.69) is 5.32 Å². The topological polar surface area (TPSA) is 58.6 Å². The van der Waals surface area contributed by atoms with Gasteiger partial charge in [0.05, 0.1) is 12.6 Å². The number of fused-ring (bicyclic) bond motifs is 5. The summed E-state index contributed by atoms with van der Waals surface area (Å²) in [7, 11) is 0. The first-order valence-corrected chi connectivity index (χ1v) is 9.44. The van der Waals surface area contributed by atoms with Crippen molar-refractivity contribution in [2.45, 2.75) is 37.4 Å². The molecule has 5 atom stereocenters. The van der Waals surface area contributed by atoms with Crippen LogP contribution in [0, 0.1) is 5.92 Å². The Morgan fingerprint density at radius 2 is 1.78 bits per heavy atom. The summed E-state index contributed by atoms with van der Waals surface area (Å²) in [5, 5.41) is 2.90. The van der Waals surface area contributed by atoms with Gasteiger partial charge in [-0.25, -0.2) is 0 Å². The average Bonchev–Trinajstić information content (AvgIpc) is 2.97. The van der Waals surface area contributed by atoms with Crippen molar-refractivity contribution in [3.8, 4) is 5.75 Å². The number of amides is 2. The second-order valence-corrected chi connectivity index (χ2v) is 7.90. The SMILES string of the molecule is C[C@H]1NC(=O)[C@]2(C)[C@@H](c3ccccc3)[C@H]3COc4ccccc4[C@@H]3N2C1=O. The molecular weight excluding hydrogens is 340 g/mol. The lowest BCUT2D eigenvalue weighted by atomic mass is 9.73. The number of carbonyl (C=O) groups excluding carboxylic acids is 2. The third kappa shape index (κ3) is 2.05. The van der Waals surface area contributed by atoms with Gasteiger partial charge in [0, 0.05) is 17.4 Å². The fourth-order valence-corrected chi connectivity index (χ4v) is 5.29. The molecule has 2 aromatic rings. The monoisotopic (exact) mass is 362 g/mol. The number of nitrogens with zero attached hydrogens (tertiary/aromatic N) is 1. The van der Waals surface area contributed by atoms with Crippen molar-refractivity contribution >= 4 is 11.8 Å². The fourth-order valence-electron chi connectivity index (χ4n) is 5.29. The highest BCUT2D eigenvalue weighted by Crippen LogP contribution is 2.59. The van der Waals surface area contributed by atoms with Crippen LogP contribution in [-0.2, 0) is 9.59 Å². The molecule has 3 aliphatic heterocycles. The van der Waals surface area contributed by atoms with Crippen LogP contribution in [0.3, 0.4) is 0 Å². The summed E-state index contributed by atoms with van der Waals surface area (Å²) < 4.78 is 6.07. The minimum absolute atomic E-state index is 0.0206. The number of rotatable bonds is 1. The molecule has 0 radical (unpaired) electrons. The summed E-state index contributed by atoms with van der Waals surface area (Å²) in [6.45, 7) is 4.16. The molecule has 27 heavy (non-hydrogen) atoms. The zero-order chi connectivity index (χ0) is 18.8. The van der Waals surface area contributed by atoms with E-state index in [1.807, 2.05) is 66.4 Å². The van der Waals surface area contributed by atoms with Crippen molar-refractivity contribution in [2.24, 2.45) is 5.92 Å². The maximum absolute atomic E-state index is 13.3. The van der Waals surface area contributed by atoms with E-state index in [0.29, 0.717) is 6.61 Å². The Kier molecular flexibility index (Phi) is 3.39. The lowest BCUT2D eigenvalue weighted by Crippen LogP contribution is -2.68. The second kappa shape index (κ2) is 5.59. The molecule has 2 amide bonds. The average molecular weight is 362 g/mol. The van der Waals surface area contributed by atoms with E-state index in [4.69, 9.17) is 4.74 Å². The Morgan fingerprint density at radius 1 is 1.07 bits per heavy atom. The summed E-state index contributed by atoms with van der Waals surface area (Å²) in [4.78, 5) is 28.4. The number of ether oxygens (including phenoxy) is 1. The second-order valence-electron chi connectivity index (χ2n) is 7.90. The van der Waals surface area contributed by atoms with Gasteiger partial charge in [0.15, 0.2) is 0 Å². The first-order chi connectivity index (χ1) is 13.0. The highest BCUT2D eigenvalue weighted by molar-refractivity contribution is 6.01. The highest BCUT2D eigenvalue weighted by Gasteiger charge is 2.66. The highest BCUT2D eigenvalue weighted by atomic mass is 16.5. The minimum Gasteiger partial charge on any atom is -0.493 e. The number of benzene rings is 2. The molecule has 138 valence electrons. The predicted molar refractivity (Wildman–Crippen MR) is 100 cm³/mol. The van der Waals surface area contributed by atoms with Crippen molar-refractivity contribution in [1.82, 2.24) is 10.2 Å². The van der Waals surface area contributed by atoms with Crippen LogP contribution in [0.25, 0.3) is 0 Å². The van der Waals surface area contributed by atoms with Crippen LogP contribution in [-0.4, -0.2) is 34.9 Å². The van der Waals surface area contributed by atoms with Gasteiger partial charge in [-0.1, -0.05) is 48.5 Å². The Bertz CT molecular complexity index is 928. The summed E-state index contributed by atoms with van der Waals surface area (Å²) in [6.07, 6.45) is 0. The van der Waals surface area contributed by atoms with Crippen LogP contribution in [0.15, 0.2) is 54.6 Å². The molecule has 0 spiro atoms. The summed E-state index contributed by atoms with van der Waals surface area (Å²) in [5.41, 5.74) is 1.12. The van der Waals surface area contributed by atoms with Crippen LogP contribution in [0.4, 0.5) is 0 Å². The molecule has 2 fully saturated rings. The maximum Gasteiger partial charge on any atom is 0.247 e. The normalized spacial score (nSPS) is 34.2. The molecule has 5 heteroatoms. The Hall–Kier alpha value is -2.82. The van der Waals surface area contributed by atoms with E-state index in [-0.39, 0.29) is 29.7 Å². The quantitative estimate of drug-likeness (QED) is 0.848. The number of hydrogen-bond donors (Lipinski definition) is 1. The van der Waals surface area contributed by atoms with Gasteiger partial charge in [-0.05, 0) is 25.5 Å². The molecule has 1 N–H and O–H groups in total. The van der Waals surface area contributed by atoms with Crippen molar-refractivity contribution in [3.05, 3.63) is 65.7 Å². The van der Waals surface area contributed by atoms with E-state index in [1.165, 1.54) is 0 Å². The summed E-state index contributed by atoms with van der Waals surface area (Å²) in [5.74, 6) is 0.583. The zero-order valence-electron chi connectivity index (χ0n) is 15.4. The summed E-state index contributed by atoms with van der Waals surface area (Å²) >= 11 is 0. The van der Waals surface area contributed by atoms with Gasteiger partial charge in [0.2, 0.25) is 11.8 Å². The van der Waals surface area contributed by atoms with Gasteiger partial charge >= 0.3 is 0 Å². The molecule has 5 nitrogen and oxygen atoms in total. The molecule has 0 unspecified atom stereocenters. The first-order valence-electron chi connectivity index (χ1n) is 9.44. The molecule has 0 aliphatic carbocycles. The zero-order valence-corrected chi connectivity index (χ0v) is 15.4. The van der Waals surface area contributed by atoms with E-state index in [9.17, 15) is 9.59 Å². The van der Waals surface area contributed by atoms with Crippen molar-refractivity contribution in [2.75, 3.05) is 6.61 Å². The third-order valence-corrected chi connectivity index (χ3v) is 6.46. The van der Waals surface area contributed by atoms with Gasteiger partial charge in [-0.2, -0.15) is 0 Å². The van der Waals surface area contributed by atoms with Gasteiger partial charge in [0.1, 0.15) is 17.3 Å². The lowest BCUT2D eigenvalue weighted by molar-refractivity contribution is -0.156. The molecule has 5 rings (SSSR count). The van der Waals surface area contributed by atoms with E-state index >= 15 is 0 Å². The fraction of sp³-hybridized carbons (Fsp3) is 0.364. The number of para-hydroxylation sites is 1. The number of carbonyl (C=O) groups is 2. The smallest absolute Gasteiger partial charge is 0.247 e. The molecular formula is C22H22N2O3. The van der Waals surface area contributed by atoms with Crippen molar-refractivity contribution in [3.63, 3.8) is 0 Å². The van der Waals surface area contributed by atoms with Crippen LogP contribution in [0.1, 0.15) is 36.9 Å². The Morgan fingerprint density at radius 3 is 2.56 bits per heavy atom. The van der Waals surface area contributed by atoms with Gasteiger partial charge in [-0.15, -0.1) is 0 Å². The molecule has 0 bridgehead atoms. The summed E-state index contributed by atoms with van der Waals surface area (Å²) in [6, 6.07) is 17.2. The van der Waals surface area contributed by atoms with Crippen LogP contribution < -0.4 is 10.1 Å². The predicted octanol–water partition coefficient (Wildman–Crippen LogP) is 2.64. The van der Waals surface area contributed by atoms with Gasteiger partial charge in [-0.3, -0.25) is 9.59 Å². The van der Waals surface area contributed by atoms with Crippen molar-refractivity contribution < 1.29 is 14.3 Å². The standard InChI is InChI=1S/C22H22N2O3/c1-13-20(25)24-19-15-10-6-7-11-17(15)27-12-16(19)18(14-8-4-3-5-9-14)22(24,2)21(26)23-13/h3-11,13,16,18-19H,12H2,1-2H3,(H,23,26)/t13-,16-,18+,19+,22+/m1/s1. The molecule has 2 aromatic carbocycles. The molecule has 0 aromatic heterocycles. The molecule has 2 saturated heterocycles.